The smallest absolute Gasteiger partial charge is 0.211 e. The monoisotopic (exact) mass is 296 g/mol. The fourth-order valence-electron chi connectivity index (χ4n) is 2.32. The van der Waals surface area contributed by atoms with Gasteiger partial charge in [0, 0.05) is 18.5 Å². The molecule has 1 atom stereocenters. The van der Waals surface area contributed by atoms with E-state index >= 15 is 0 Å². The van der Waals surface area contributed by atoms with Crippen LogP contribution in [0.3, 0.4) is 0 Å². The minimum atomic E-state index is -3.11. The van der Waals surface area contributed by atoms with Gasteiger partial charge in [0.25, 0.3) is 0 Å². The molecule has 1 aliphatic rings. The third-order valence-corrected chi connectivity index (χ3v) is 5.17. The quantitative estimate of drug-likeness (QED) is 0.549. The SMILES string of the molecule is CC1CCCCN1CCCNS(=O)(=O)CCCCl. The normalized spacial score (nSPS) is 22.2. The van der Waals surface area contributed by atoms with Gasteiger partial charge in [0.1, 0.15) is 0 Å². The molecule has 6 heteroatoms. The van der Waals surface area contributed by atoms with Crippen molar-refractivity contribution in [2.75, 3.05) is 31.3 Å². The molecule has 0 aromatic carbocycles. The highest BCUT2D eigenvalue weighted by Gasteiger charge is 2.17. The number of nitrogens with zero attached hydrogens (tertiary/aromatic N) is 1. The van der Waals surface area contributed by atoms with Gasteiger partial charge < -0.3 is 4.90 Å². The van der Waals surface area contributed by atoms with Gasteiger partial charge in [-0.1, -0.05) is 6.42 Å². The van der Waals surface area contributed by atoms with Gasteiger partial charge in [-0.2, -0.15) is 0 Å². The first-order valence-electron chi connectivity index (χ1n) is 6.82. The Labute approximate surface area is 116 Å². The zero-order valence-electron chi connectivity index (χ0n) is 11.2. The summed E-state index contributed by atoms with van der Waals surface area (Å²) in [6, 6.07) is 0.645. The molecule has 4 nitrogen and oxygen atoms in total. The molecule has 1 rings (SSSR count). The van der Waals surface area contributed by atoms with Crippen molar-refractivity contribution in [3.63, 3.8) is 0 Å². The molecule has 0 aliphatic carbocycles. The van der Waals surface area contributed by atoms with E-state index in [1.807, 2.05) is 0 Å². The van der Waals surface area contributed by atoms with Crippen LogP contribution in [0.5, 0.6) is 0 Å². The molecule has 0 bridgehead atoms. The van der Waals surface area contributed by atoms with Crippen LogP contribution in [0.4, 0.5) is 0 Å². The van der Waals surface area contributed by atoms with E-state index in [0.717, 1.165) is 19.5 Å². The van der Waals surface area contributed by atoms with Crippen molar-refractivity contribution in [3.8, 4) is 0 Å². The Morgan fingerprint density at radius 2 is 2.11 bits per heavy atom. The van der Waals surface area contributed by atoms with Gasteiger partial charge in [0.05, 0.1) is 5.75 Å². The number of hydrogen-bond donors (Lipinski definition) is 1. The molecule has 0 amide bonds. The van der Waals surface area contributed by atoms with E-state index in [1.165, 1.54) is 19.3 Å². The van der Waals surface area contributed by atoms with Gasteiger partial charge in [-0.25, -0.2) is 13.1 Å². The summed E-state index contributed by atoms with van der Waals surface area (Å²) >= 11 is 5.49. The summed E-state index contributed by atoms with van der Waals surface area (Å²) in [4.78, 5) is 2.45. The van der Waals surface area contributed by atoms with E-state index in [2.05, 4.69) is 16.5 Å². The number of likely N-dealkylation sites (tertiary alicyclic amines) is 1. The fourth-order valence-corrected chi connectivity index (χ4v) is 3.73. The second-order valence-corrected chi connectivity index (χ2v) is 7.29. The number of sulfonamides is 1. The van der Waals surface area contributed by atoms with Crippen molar-refractivity contribution in [1.29, 1.82) is 0 Å². The molecule has 1 unspecified atom stereocenters. The molecule has 0 aromatic heterocycles. The van der Waals surface area contributed by atoms with Crippen molar-refractivity contribution in [1.82, 2.24) is 9.62 Å². The van der Waals surface area contributed by atoms with E-state index < -0.39 is 10.0 Å². The molecular weight excluding hydrogens is 272 g/mol. The molecule has 0 spiro atoms. The Morgan fingerprint density at radius 1 is 1.33 bits per heavy atom. The van der Waals surface area contributed by atoms with Crippen LogP contribution in [-0.4, -0.2) is 50.6 Å². The average Bonchev–Trinajstić information content (AvgIpc) is 2.34. The van der Waals surface area contributed by atoms with E-state index in [4.69, 9.17) is 11.6 Å². The summed E-state index contributed by atoms with van der Waals surface area (Å²) in [7, 11) is -3.11. The Kier molecular flexibility index (Phi) is 7.53. The van der Waals surface area contributed by atoms with Crippen molar-refractivity contribution in [2.45, 2.75) is 45.1 Å². The lowest BCUT2D eigenvalue weighted by molar-refractivity contribution is 0.159. The number of rotatable bonds is 8. The molecule has 0 aromatic rings. The van der Waals surface area contributed by atoms with Gasteiger partial charge in [-0.05, 0) is 45.7 Å². The fraction of sp³-hybridized carbons (Fsp3) is 1.00. The third kappa shape index (κ3) is 6.36. The molecule has 1 heterocycles. The molecule has 1 aliphatic heterocycles. The second-order valence-electron chi connectivity index (χ2n) is 4.99. The molecule has 1 fully saturated rings. The number of hydrogen-bond acceptors (Lipinski definition) is 3. The average molecular weight is 297 g/mol. The minimum absolute atomic E-state index is 0.136. The second kappa shape index (κ2) is 8.35. The van der Waals surface area contributed by atoms with Crippen molar-refractivity contribution < 1.29 is 8.42 Å². The highest BCUT2D eigenvalue weighted by molar-refractivity contribution is 7.89. The Bertz CT molecular complexity index is 322. The van der Waals surface area contributed by atoms with Crippen LogP contribution >= 0.6 is 11.6 Å². The summed E-state index contributed by atoms with van der Waals surface area (Å²) < 4.78 is 25.7. The molecular formula is C12H25ClN2O2S. The van der Waals surface area contributed by atoms with Gasteiger partial charge in [-0.15, -0.1) is 11.6 Å². The predicted molar refractivity (Wildman–Crippen MR) is 76.6 cm³/mol. The van der Waals surface area contributed by atoms with Crippen LogP contribution in [0.25, 0.3) is 0 Å². The molecule has 18 heavy (non-hydrogen) atoms. The van der Waals surface area contributed by atoms with Crippen LogP contribution in [0, 0.1) is 0 Å². The van der Waals surface area contributed by atoms with Crippen LogP contribution in [0.2, 0.25) is 0 Å². The summed E-state index contributed by atoms with van der Waals surface area (Å²) in [5.74, 6) is 0.531. The largest absolute Gasteiger partial charge is 0.301 e. The minimum Gasteiger partial charge on any atom is -0.301 e. The maximum Gasteiger partial charge on any atom is 0.211 e. The van der Waals surface area contributed by atoms with Crippen molar-refractivity contribution >= 4 is 21.6 Å². The van der Waals surface area contributed by atoms with E-state index in [9.17, 15) is 8.42 Å². The van der Waals surface area contributed by atoms with E-state index in [1.54, 1.807) is 0 Å². The Balaban J connectivity index is 2.14. The van der Waals surface area contributed by atoms with Crippen LogP contribution < -0.4 is 4.72 Å². The van der Waals surface area contributed by atoms with Gasteiger partial charge in [-0.3, -0.25) is 0 Å². The highest BCUT2D eigenvalue weighted by atomic mass is 35.5. The summed E-state index contributed by atoms with van der Waals surface area (Å²) in [5.41, 5.74) is 0. The Morgan fingerprint density at radius 3 is 2.78 bits per heavy atom. The van der Waals surface area contributed by atoms with E-state index in [-0.39, 0.29) is 5.75 Å². The standard InChI is InChI=1S/C12H25ClN2O2S/c1-12-6-2-3-9-15(12)10-5-8-14-18(16,17)11-4-7-13/h12,14H,2-11H2,1H3. The number of piperidine rings is 1. The van der Waals surface area contributed by atoms with Crippen LogP contribution in [0.1, 0.15) is 39.0 Å². The lowest BCUT2D eigenvalue weighted by Gasteiger charge is -2.33. The van der Waals surface area contributed by atoms with Crippen LogP contribution in [-0.2, 0) is 10.0 Å². The Hall–Kier alpha value is 0.160. The third-order valence-electron chi connectivity index (χ3n) is 3.43. The number of nitrogens with one attached hydrogen (secondary N) is 1. The topological polar surface area (TPSA) is 49.4 Å². The first-order chi connectivity index (χ1) is 8.55. The highest BCUT2D eigenvalue weighted by Crippen LogP contribution is 2.16. The van der Waals surface area contributed by atoms with Crippen molar-refractivity contribution in [3.05, 3.63) is 0 Å². The number of alkyl halides is 1. The first kappa shape index (κ1) is 16.2. The number of halogens is 1. The van der Waals surface area contributed by atoms with Gasteiger partial charge in [0.15, 0.2) is 0 Å². The predicted octanol–water partition coefficient (Wildman–Crippen LogP) is 1.80. The summed E-state index contributed by atoms with van der Waals surface area (Å²) in [5, 5.41) is 0. The van der Waals surface area contributed by atoms with Crippen molar-refractivity contribution in [2.24, 2.45) is 0 Å². The van der Waals surface area contributed by atoms with Crippen LogP contribution in [0.15, 0.2) is 0 Å². The van der Waals surface area contributed by atoms with Gasteiger partial charge in [0.2, 0.25) is 10.0 Å². The molecule has 108 valence electrons. The lowest BCUT2D eigenvalue weighted by atomic mass is 10.0. The molecule has 1 saturated heterocycles. The molecule has 0 radical (unpaired) electrons. The zero-order valence-corrected chi connectivity index (χ0v) is 12.8. The van der Waals surface area contributed by atoms with Gasteiger partial charge >= 0.3 is 0 Å². The maximum absolute atomic E-state index is 11.5. The van der Waals surface area contributed by atoms with E-state index in [0.29, 0.717) is 24.9 Å². The zero-order chi connectivity index (χ0) is 13.4. The first-order valence-corrected chi connectivity index (χ1v) is 9.01. The summed E-state index contributed by atoms with van der Waals surface area (Å²) in [6.07, 6.45) is 5.25. The molecule has 0 saturated carbocycles. The lowest BCUT2D eigenvalue weighted by Crippen LogP contribution is -2.39. The molecule has 1 N–H and O–H groups in total. The summed E-state index contributed by atoms with van der Waals surface area (Å²) in [6.45, 7) is 4.93. The maximum atomic E-state index is 11.5.